The maximum absolute atomic E-state index is 2.36. The molecule has 1 aromatic carbocycles. The smallest absolute Gasteiger partial charge is 0.0827 e. The van der Waals surface area contributed by atoms with Gasteiger partial charge in [-0.1, -0.05) is 30.3 Å². The molecule has 1 aromatic rings. The van der Waals surface area contributed by atoms with E-state index in [2.05, 4.69) is 37.3 Å². The van der Waals surface area contributed by atoms with Gasteiger partial charge >= 0.3 is 0 Å². The van der Waals surface area contributed by atoms with Crippen molar-refractivity contribution in [2.45, 2.75) is 32.6 Å². The van der Waals surface area contributed by atoms with Crippen LogP contribution in [0, 0.1) is 0 Å². The Balaban J connectivity index is 0.00000144. The lowest BCUT2D eigenvalue weighted by atomic mass is 10.1. The van der Waals surface area contributed by atoms with Gasteiger partial charge in [-0.2, -0.15) is 0 Å². The minimum absolute atomic E-state index is 0. The molecule has 0 spiro atoms. The van der Waals surface area contributed by atoms with Crippen LogP contribution in [0.1, 0.15) is 31.7 Å². The van der Waals surface area contributed by atoms with Crippen LogP contribution in [0.3, 0.4) is 0 Å². The second-order valence-corrected chi connectivity index (χ2v) is 5.12. The van der Waals surface area contributed by atoms with Gasteiger partial charge in [0.15, 0.2) is 0 Å². The molecule has 0 N–H and O–H groups in total. The molecular formula is C15H24IN. The summed E-state index contributed by atoms with van der Waals surface area (Å²) in [7, 11) is 0. The third-order valence-corrected chi connectivity index (χ3v) is 4.15. The van der Waals surface area contributed by atoms with Gasteiger partial charge in [0, 0.05) is 6.42 Å². The Labute approximate surface area is 123 Å². The van der Waals surface area contributed by atoms with Crippen LogP contribution in [0.25, 0.3) is 0 Å². The number of likely N-dealkylation sites (tertiary alicyclic amines) is 1. The first kappa shape index (κ1) is 15.0. The second kappa shape index (κ2) is 7.37. The molecule has 0 amide bonds. The standard InChI is InChI=1S/C15H24N.HI/c1-2-16(12-7-4-8-13-16)14-11-15-9-5-3-6-10-15;/h3,5-6,9-10H,2,4,7-8,11-14H2,1H3;1H/q+1;/p-1. The van der Waals surface area contributed by atoms with Crippen molar-refractivity contribution in [2.75, 3.05) is 26.2 Å². The van der Waals surface area contributed by atoms with Crippen molar-refractivity contribution >= 4 is 0 Å². The fourth-order valence-corrected chi connectivity index (χ4v) is 2.89. The van der Waals surface area contributed by atoms with Gasteiger partial charge in [0.25, 0.3) is 0 Å². The number of quaternary nitrogens is 1. The van der Waals surface area contributed by atoms with Gasteiger partial charge in [-0.3, -0.25) is 0 Å². The van der Waals surface area contributed by atoms with Crippen molar-refractivity contribution in [3.8, 4) is 0 Å². The summed E-state index contributed by atoms with van der Waals surface area (Å²) in [5.41, 5.74) is 1.50. The second-order valence-electron chi connectivity index (χ2n) is 5.12. The fourth-order valence-electron chi connectivity index (χ4n) is 2.89. The number of piperidine rings is 1. The highest BCUT2D eigenvalue weighted by molar-refractivity contribution is 5.14. The van der Waals surface area contributed by atoms with E-state index in [1.54, 1.807) is 0 Å². The van der Waals surface area contributed by atoms with Crippen LogP contribution < -0.4 is 24.0 Å². The summed E-state index contributed by atoms with van der Waals surface area (Å²) in [5, 5.41) is 0. The Morgan fingerprint density at radius 2 is 1.65 bits per heavy atom. The molecule has 1 saturated heterocycles. The monoisotopic (exact) mass is 345 g/mol. The molecule has 1 aliphatic heterocycles. The first-order valence-corrected chi connectivity index (χ1v) is 6.74. The largest absolute Gasteiger partial charge is 1.00 e. The van der Waals surface area contributed by atoms with Crippen molar-refractivity contribution in [2.24, 2.45) is 0 Å². The zero-order chi connectivity index (χ0) is 11.3. The van der Waals surface area contributed by atoms with Crippen molar-refractivity contribution in [1.82, 2.24) is 0 Å². The molecule has 1 nitrogen and oxygen atoms in total. The summed E-state index contributed by atoms with van der Waals surface area (Å²) in [6, 6.07) is 10.9. The topological polar surface area (TPSA) is 0 Å². The Morgan fingerprint density at radius 3 is 2.24 bits per heavy atom. The molecule has 96 valence electrons. The van der Waals surface area contributed by atoms with E-state index in [-0.39, 0.29) is 24.0 Å². The van der Waals surface area contributed by atoms with Crippen molar-refractivity contribution < 1.29 is 28.5 Å². The van der Waals surface area contributed by atoms with Crippen molar-refractivity contribution in [3.63, 3.8) is 0 Å². The predicted molar refractivity (Wildman–Crippen MR) is 69.4 cm³/mol. The number of rotatable bonds is 4. The minimum atomic E-state index is 0. The number of benzene rings is 1. The Hall–Kier alpha value is -0.0900. The average molecular weight is 345 g/mol. The number of hydrogen-bond donors (Lipinski definition) is 0. The normalized spacial score (nSPS) is 18.4. The van der Waals surface area contributed by atoms with E-state index in [4.69, 9.17) is 0 Å². The van der Waals surface area contributed by atoms with Gasteiger partial charge in [-0.25, -0.2) is 0 Å². The van der Waals surface area contributed by atoms with Crippen molar-refractivity contribution in [3.05, 3.63) is 35.9 Å². The highest BCUT2D eigenvalue weighted by Gasteiger charge is 2.27. The van der Waals surface area contributed by atoms with Crippen LogP contribution in [-0.2, 0) is 6.42 Å². The summed E-state index contributed by atoms with van der Waals surface area (Å²) < 4.78 is 1.36. The van der Waals surface area contributed by atoms with E-state index in [9.17, 15) is 0 Å². The number of hydrogen-bond acceptors (Lipinski definition) is 0. The van der Waals surface area contributed by atoms with E-state index in [0.29, 0.717) is 0 Å². The highest BCUT2D eigenvalue weighted by atomic mass is 127. The van der Waals surface area contributed by atoms with Gasteiger partial charge < -0.3 is 28.5 Å². The molecule has 0 atom stereocenters. The molecular weight excluding hydrogens is 321 g/mol. The van der Waals surface area contributed by atoms with Gasteiger partial charge in [-0.15, -0.1) is 0 Å². The molecule has 0 aliphatic carbocycles. The van der Waals surface area contributed by atoms with Crippen LogP contribution in [0.2, 0.25) is 0 Å². The predicted octanol–water partition coefficient (Wildman–Crippen LogP) is 0.254. The molecule has 17 heavy (non-hydrogen) atoms. The molecule has 0 saturated carbocycles. The molecule has 1 aliphatic rings. The molecule has 0 radical (unpaired) electrons. The van der Waals surface area contributed by atoms with Crippen LogP contribution >= 0.6 is 0 Å². The Kier molecular flexibility index (Phi) is 6.49. The quantitative estimate of drug-likeness (QED) is 0.542. The maximum atomic E-state index is 2.36. The third-order valence-electron chi connectivity index (χ3n) is 4.15. The summed E-state index contributed by atoms with van der Waals surface area (Å²) in [5.74, 6) is 0. The molecule has 1 heterocycles. The fraction of sp³-hybridized carbons (Fsp3) is 0.600. The SMILES string of the molecule is CC[N+]1(CCc2ccccc2)CCCCC1.[I-]. The van der Waals surface area contributed by atoms with E-state index in [0.717, 1.165) is 0 Å². The number of halogens is 1. The van der Waals surface area contributed by atoms with Crippen LogP contribution in [0.4, 0.5) is 0 Å². The van der Waals surface area contributed by atoms with Gasteiger partial charge in [0.05, 0.1) is 26.2 Å². The lowest BCUT2D eigenvalue weighted by Crippen LogP contribution is -3.00. The average Bonchev–Trinajstić information content (AvgIpc) is 2.39. The third kappa shape index (κ3) is 4.25. The van der Waals surface area contributed by atoms with Crippen LogP contribution in [0.15, 0.2) is 30.3 Å². The molecule has 2 rings (SSSR count). The number of nitrogens with zero attached hydrogens (tertiary/aromatic N) is 1. The van der Waals surface area contributed by atoms with E-state index in [1.165, 1.54) is 61.9 Å². The van der Waals surface area contributed by atoms with Crippen LogP contribution in [0.5, 0.6) is 0 Å². The van der Waals surface area contributed by atoms with Gasteiger partial charge in [0.1, 0.15) is 0 Å². The maximum Gasteiger partial charge on any atom is 0.0827 e. The van der Waals surface area contributed by atoms with Gasteiger partial charge in [-0.05, 0) is 31.7 Å². The van der Waals surface area contributed by atoms with E-state index in [1.807, 2.05) is 0 Å². The molecule has 0 aromatic heterocycles. The zero-order valence-corrected chi connectivity index (χ0v) is 13.0. The summed E-state index contributed by atoms with van der Waals surface area (Å²) in [6.07, 6.45) is 5.56. The zero-order valence-electron chi connectivity index (χ0n) is 10.9. The Morgan fingerprint density at radius 1 is 1.00 bits per heavy atom. The molecule has 2 heteroatoms. The molecule has 1 fully saturated rings. The summed E-state index contributed by atoms with van der Waals surface area (Å²) in [6.45, 7) is 7.82. The summed E-state index contributed by atoms with van der Waals surface area (Å²) in [4.78, 5) is 0. The minimum Gasteiger partial charge on any atom is -1.00 e. The van der Waals surface area contributed by atoms with Crippen LogP contribution in [-0.4, -0.2) is 30.7 Å². The molecule has 0 bridgehead atoms. The van der Waals surface area contributed by atoms with E-state index < -0.39 is 0 Å². The Bertz CT molecular complexity index is 304. The van der Waals surface area contributed by atoms with Crippen molar-refractivity contribution in [1.29, 1.82) is 0 Å². The molecule has 0 unspecified atom stereocenters. The summed E-state index contributed by atoms with van der Waals surface area (Å²) >= 11 is 0. The lowest BCUT2D eigenvalue weighted by Gasteiger charge is -2.41. The first-order valence-electron chi connectivity index (χ1n) is 6.74. The van der Waals surface area contributed by atoms with Gasteiger partial charge in [0.2, 0.25) is 0 Å². The highest BCUT2D eigenvalue weighted by Crippen LogP contribution is 2.19. The first-order chi connectivity index (χ1) is 7.85. The van der Waals surface area contributed by atoms with E-state index >= 15 is 0 Å². The lowest BCUT2D eigenvalue weighted by molar-refractivity contribution is -0.930. The number of likely N-dealkylation sites (N-methyl/N-ethyl adjacent to an activating group) is 1.